The maximum absolute atomic E-state index is 14.3. The van der Waals surface area contributed by atoms with Crippen molar-refractivity contribution in [2.45, 2.75) is 39.3 Å². The molecule has 3 aromatic carbocycles. The second kappa shape index (κ2) is 12.7. The number of hydrogen-bond acceptors (Lipinski definition) is 6. The fourth-order valence-corrected chi connectivity index (χ4v) is 6.83. The molecule has 6 rings (SSSR count). The van der Waals surface area contributed by atoms with Crippen LogP contribution in [0.15, 0.2) is 100 Å². The average molecular weight is 626 g/mol. The highest BCUT2D eigenvalue weighted by atomic mass is 35.5. The van der Waals surface area contributed by atoms with Gasteiger partial charge in [0.1, 0.15) is 5.75 Å². The third kappa shape index (κ3) is 5.63. The van der Waals surface area contributed by atoms with Gasteiger partial charge in [0.15, 0.2) is 4.80 Å². The van der Waals surface area contributed by atoms with Crippen molar-refractivity contribution in [3.63, 3.8) is 0 Å². The number of hydrogen-bond donors (Lipinski definition) is 0. The predicted molar refractivity (Wildman–Crippen MR) is 175 cm³/mol. The second-order valence-electron chi connectivity index (χ2n) is 10.5. The lowest BCUT2D eigenvalue weighted by atomic mass is 9.94. The number of benzene rings is 3. The molecule has 0 N–H and O–H groups in total. The Morgan fingerprint density at radius 3 is 2.61 bits per heavy atom. The van der Waals surface area contributed by atoms with Crippen LogP contribution in [-0.2, 0) is 16.1 Å². The number of carbonyl (C=O) groups is 1. The van der Waals surface area contributed by atoms with Gasteiger partial charge in [-0.05, 0) is 60.9 Å². The number of rotatable bonds is 9. The van der Waals surface area contributed by atoms with Crippen molar-refractivity contribution < 1.29 is 14.3 Å². The molecule has 2 aromatic heterocycles. The van der Waals surface area contributed by atoms with Crippen LogP contribution < -0.4 is 19.6 Å². The van der Waals surface area contributed by atoms with E-state index < -0.39 is 12.0 Å². The van der Waals surface area contributed by atoms with E-state index in [9.17, 15) is 9.59 Å². The molecule has 9 heteroatoms. The molecule has 0 amide bonds. The molecule has 44 heavy (non-hydrogen) atoms. The zero-order valence-electron chi connectivity index (χ0n) is 24.7. The standard InChI is InChI=1S/C35H32ClN3O4S/c1-4-9-28-31(34(41)43-5-2)32(23-10-8-11-26(18-23)42-3)39-33(40)30(44-35(39)37-28)19-24-21-38(29-13-7-6-12-27(24)29)20-22-14-16-25(36)17-15-22/h6-8,10-19,21,32H,4-5,9,20H2,1-3H3/b30-19+/t32-/m1/s1. The molecule has 3 heterocycles. The molecule has 0 spiro atoms. The van der Waals surface area contributed by atoms with Crippen molar-refractivity contribution in [1.29, 1.82) is 0 Å². The maximum Gasteiger partial charge on any atom is 0.338 e. The van der Waals surface area contributed by atoms with E-state index in [0.717, 1.165) is 34.0 Å². The monoisotopic (exact) mass is 625 g/mol. The first-order valence-electron chi connectivity index (χ1n) is 14.6. The number of esters is 1. The zero-order valence-corrected chi connectivity index (χ0v) is 26.3. The van der Waals surface area contributed by atoms with Gasteiger partial charge in [-0.1, -0.05) is 78.7 Å². The molecule has 7 nitrogen and oxygen atoms in total. The van der Waals surface area contributed by atoms with E-state index in [0.29, 0.717) is 44.3 Å². The Hall–Kier alpha value is -4.40. The molecule has 5 aromatic rings. The summed E-state index contributed by atoms with van der Waals surface area (Å²) in [5.41, 5.74) is 4.68. The topological polar surface area (TPSA) is 74.8 Å². The third-order valence-electron chi connectivity index (χ3n) is 7.67. The molecule has 1 aliphatic rings. The van der Waals surface area contributed by atoms with Crippen LogP contribution in [0, 0.1) is 0 Å². The summed E-state index contributed by atoms with van der Waals surface area (Å²) >= 11 is 7.44. The van der Waals surface area contributed by atoms with E-state index in [4.69, 9.17) is 26.1 Å². The van der Waals surface area contributed by atoms with Gasteiger partial charge in [-0.25, -0.2) is 9.79 Å². The quantitative estimate of drug-likeness (QED) is 0.182. The first kappa shape index (κ1) is 29.7. The highest BCUT2D eigenvalue weighted by Gasteiger charge is 2.34. The number of halogens is 1. The Kier molecular flexibility index (Phi) is 8.55. The number of carbonyl (C=O) groups excluding carboxylic acids is 1. The number of methoxy groups -OCH3 is 1. The van der Waals surface area contributed by atoms with Crippen LogP contribution in [0.4, 0.5) is 0 Å². The minimum atomic E-state index is -0.699. The maximum atomic E-state index is 14.3. The van der Waals surface area contributed by atoms with Gasteiger partial charge in [0, 0.05) is 34.2 Å². The third-order valence-corrected chi connectivity index (χ3v) is 8.91. The number of ether oxygens (including phenoxy) is 2. The highest BCUT2D eigenvalue weighted by Crippen LogP contribution is 2.34. The fraction of sp³-hybridized carbons (Fsp3) is 0.229. The van der Waals surface area contributed by atoms with E-state index >= 15 is 0 Å². The van der Waals surface area contributed by atoms with Gasteiger partial charge < -0.3 is 14.0 Å². The molecule has 1 aliphatic heterocycles. The van der Waals surface area contributed by atoms with Gasteiger partial charge in [0.25, 0.3) is 5.56 Å². The van der Waals surface area contributed by atoms with Gasteiger partial charge >= 0.3 is 5.97 Å². The fourth-order valence-electron chi connectivity index (χ4n) is 5.70. The normalized spacial score (nSPS) is 14.9. The summed E-state index contributed by atoms with van der Waals surface area (Å²) in [5.74, 6) is 0.169. The number of fused-ring (bicyclic) bond motifs is 2. The molecule has 1 atom stereocenters. The number of thiazole rings is 1. The predicted octanol–water partition coefficient (Wildman–Crippen LogP) is 6.24. The van der Waals surface area contributed by atoms with Crippen LogP contribution >= 0.6 is 22.9 Å². The van der Waals surface area contributed by atoms with Crippen LogP contribution in [0.2, 0.25) is 5.02 Å². The van der Waals surface area contributed by atoms with E-state index in [1.807, 2.05) is 73.7 Å². The number of aromatic nitrogens is 2. The Balaban J connectivity index is 1.54. The molecule has 0 radical (unpaired) electrons. The highest BCUT2D eigenvalue weighted by molar-refractivity contribution is 7.07. The summed E-state index contributed by atoms with van der Waals surface area (Å²) in [6.45, 7) is 4.70. The van der Waals surface area contributed by atoms with Crippen molar-refractivity contribution >= 4 is 45.9 Å². The van der Waals surface area contributed by atoms with E-state index in [1.165, 1.54) is 11.3 Å². The summed E-state index contributed by atoms with van der Waals surface area (Å²) in [5, 5.41) is 1.73. The van der Waals surface area contributed by atoms with Crippen LogP contribution in [0.3, 0.4) is 0 Å². The van der Waals surface area contributed by atoms with Crippen molar-refractivity contribution in [3.8, 4) is 5.75 Å². The smallest absolute Gasteiger partial charge is 0.338 e. The van der Waals surface area contributed by atoms with E-state index in [-0.39, 0.29) is 12.2 Å². The summed E-state index contributed by atoms with van der Waals surface area (Å²) in [6.07, 6.45) is 5.37. The van der Waals surface area contributed by atoms with Crippen molar-refractivity contribution in [2.75, 3.05) is 13.7 Å². The molecule has 0 bridgehead atoms. The van der Waals surface area contributed by atoms with Gasteiger partial charge in [-0.3, -0.25) is 9.36 Å². The molecular weight excluding hydrogens is 594 g/mol. The summed E-state index contributed by atoms with van der Waals surface area (Å²) in [4.78, 5) is 33.2. The second-order valence-corrected chi connectivity index (χ2v) is 12.0. The van der Waals surface area contributed by atoms with Crippen LogP contribution in [0.5, 0.6) is 5.75 Å². The lowest BCUT2D eigenvalue weighted by Crippen LogP contribution is -2.40. The zero-order chi connectivity index (χ0) is 30.8. The average Bonchev–Trinajstić information content (AvgIpc) is 3.54. The molecule has 224 valence electrons. The van der Waals surface area contributed by atoms with Crippen molar-refractivity contribution in [2.24, 2.45) is 4.99 Å². The molecule has 0 saturated heterocycles. The Labute approximate surface area is 264 Å². The first-order valence-corrected chi connectivity index (χ1v) is 15.8. The minimum absolute atomic E-state index is 0.214. The molecule has 0 fully saturated rings. The lowest BCUT2D eigenvalue weighted by molar-refractivity contribution is -0.139. The molecule has 0 aliphatic carbocycles. The first-order chi connectivity index (χ1) is 21.4. The Morgan fingerprint density at radius 2 is 1.86 bits per heavy atom. The number of nitrogens with zero attached hydrogens (tertiary/aromatic N) is 3. The lowest BCUT2D eigenvalue weighted by Gasteiger charge is -2.26. The van der Waals surface area contributed by atoms with Gasteiger partial charge in [-0.2, -0.15) is 0 Å². The summed E-state index contributed by atoms with van der Waals surface area (Å²) in [7, 11) is 1.60. The van der Waals surface area contributed by atoms with Crippen LogP contribution in [0.1, 0.15) is 49.4 Å². The van der Waals surface area contributed by atoms with E-state index in [1.54, 1.807) is 18.6 Å². The Morgan fingerprint density at radius 1 is 1.07 bits per heavy atom. The van der Waals surface area contributed by atoms with Crippen LogP contribution in [0.25, 0.3) is 17.0 Å². The van der Waals surface area contributed by atoms with Crippen molar-refractivity contribution in [3.05, 3.63) is 132 Å². The summed E-state index contributed by atoms with van der Waals surface area (Å²) < 4.78 is 15.4. The van der Waals surface area contributed by atoms with Crippen molar-refractivity contribution in [1.82, 2.24) is 9.13 Å². The molecule has 0 saturated carbocycles. The Bertz CT molecular complexity index is 2070. The van der Waals surface area contributed by atoms with Crippen LogP contribution in [-0.4, -0.2) is 28.8 Å². The largest absolute Gasteiger partial charge is 0.497 e. The molecule has 0 unspecified atom stereocenters. The SMILES string of the molecule is CCCC1=C(C(=O)OCC)[C@@H](c2cccc(OC)c2)n2c(s/c(=C/c3cn(Cc4ccc(Cl)cc4)c4ccccc34)c2=O)=N1. The molecular formula is C35H32ClN3O4S. The summed E-state index contributed by atoms with van der Waals surface area (Å²) in [6, 6.07) is 22.7. The minimum Gasteiger partial charge on any atom is -0.497 e. The number of allylic oxidation sites excluding steroid dienone is 1. The van der Waals surface area contributed by atoms with Gasteiger partial charge in [-0.15, -0.1) is 0 Å². The number of para-hydroxylation sites is 1. The van der Waals surface area contributed by atoms with Gasteiger partial charge in [0.05, 0.1) is 35.6 Å². The van der Waals surface area contributed by atoms with Gasteiger partial charge in [0.2, 0.25) is 0 Å². The van der Waals surface area contributed by atoms with E-state index in [2.05, 4.69) is 22.9 Å².